The number of likely N-dealkylation sites (N-methyl/N-ethyl adjacent to an activating group) is 1. The van der Waals surface area contributed by atoms with Crippen LogP contribution in [0.1, 0.15) is 13.8 Å². The van der Waals surface area contributed by atoms with Gasteiger partial charge in [-0.15, -0.1) is 0 Å². The molecule has 2 atom stereocenters. The molecule has 1 aromatic rings. The Balaban J connectivity index is 1.93. The van der Waals surface area contributed by atoms with Gasteiger partial charge in [0.05, 0.1) is 12.6 Å². The molecule has 2 N–H and O–H groups in total. The molecule has 1 heterocycles. The Kier molecular flexibility index (Phi) is 4.49. The molecular weight excluding hydrogens is 256 g/mol. The number of hydrogen-bond acceptors (Lipinski definition) is 4. The van der Waals surface area contributed by atoms with Gasteiger partial charge in [-0.05, 0) is 18.1 Å². The molecule has 0 saturated carbocycles. The highest BCUT2D eigenvalue weighted by molar-refractivity contribution is 5.81. The SMILES string of the molecule is CC(C)[C@H](N)C(=O)N(C)C[C@@H]1COc2ccccc2O1. The van der Waals surface area contributed by atoms with Crippen molar-refractivity contribution >= 4 is 5.91 Å². The number of carbonyl (C=O) groups is 1. The maximum absolute atomic E-state index is 12.1. The van der Waals surface area contributed by atoms with Crippen LogP contribution in [0, 0.1) is 5.92 Å². The minimum atomic E-state index is -0.475. The molecular formula is C15H22N2O3. The first-order valence-electron chi connectivity index (χ1n) is 6.88. The third-order valence-corrected chi connectivity index (χ3v) is 3.42. The van der Waals surface area contributed by atoms with Gasteiger partial charge in [0, 0.05) is 7.05 Å². The zero-order valence-corrected chi connectivity index (χ0v) is 12.2. The molecule has 110 valence electrons. The first kappa shape index (κ1) is 14.7. The summed E-state index contributed by atoms with van der Waals surface area (Å²) >= 11 is 0. The highest BCUT2D eigenvalue weighted by atomic mass is 16.6. The lowest BCUT2D eigenvalue weighted by Gasteiger charge is -2.31. The van der Waals surface area contributed by atoms with Crippen molar-refractivity contribution in [3.05, 3.63) is 24.3 Å². The Labute approximate surface area is 119 Å². The Morgan fingerprint density at radius 3 is 2.70 bits per heavy atom. The minimum Gasteiger partial charge on any atom is -0.486 e. The largest absolute Gasteiger partial charge is 0.486 e. The van der Waals surface area contributed by atoms with Gasteiger partial charge in [-0.25, -0.2) is 0 Å². The molecule has 0 aliphatic carbocycles. The van der Waals surface area contributed by atoms with Crippen molar-refractivity contribution in [1.82, 2.24) is 4.90 Å². The van der Waals surface area contributed by atoms with Gasteiger partial charge in [-0.3, -0.25) is 4.79 Å². The van der Waals surface area contributed by atoms with Crippen molar-refractivity contribution < 1.29 is 14.3 Å². The number of amides is 1. The Hall–Kier alpha value is -1.75. The molecule has 5 heteroatoms. The van der Waals surface area contributed by atoms with E-state index in [1.54, 1.807) is 11.9 Å². The minimum absolute atomic E-state index is 0.0672. The molecule has 0 aromatic heterocycles. The van der Waals surface area contributed by atoms with Crippen LogP contribution in [0.4, 0.5) is 0 Å². The summed E-state index contributed by atoms with van der Waals surface area (Å²) in [6, 6.07) is 7.06. The van der Waals surface area contributed by atoms with Crippen LogP contribution in [0.5, 0.6) is 11.5 Å². The monoisotopic (exact) mass is 278 g/mol. The lowest BCUT2D eigenvalue weighted by molar-refractivity contribution is -0.133. The maximum Gasteiger partial charge on any atom is 0.239 e. The van der Waals surface area contributed by atoms with Crippen molar-refractivity contribution in [3.8, 4) is 11.5 Å². The molecule has 0 radical (unpaired) electrons. The van der Waals surface area contributed by atoms with Crippen LogP contribution in [0.2, 0.25) is 0 Å². The average Bonchev–Trinajstić information content (AvgIpc) is 2.45. The van der Waals surface area contributed by atoms with E-state index in [-0.39, 0.29) is 17.9 Å². The summed E-state index contributed by atoms with van der Waals surface area (Å²) in [4.78, 5) is 13.7. The quantitative estimate of drug-likeness (QED) is 0.900. The summed E-state index contributed by atoms with van der Waals surface area (Å²) in [6.45, 7) is 4.78. The molecule has 1 amide bonds. The molecule has 0 fully saturated rings. The van der Waals surface area contributed by atoms with E-state index in [4.69, 9.17) is 15.2 Å². The number of para-hydroxylation sites is 2. The number of hydrogen-bond donors (Lipinski definition) is 1. The van der Waals surface area contributed by atoms with Crippen LogP contribution in [0.3, 0.4) is 0 Å². The van der Waals surface area contributed by atoms with E-state index in [9.17, 15) is 4.79 Å². The summed E-state index contributed by atoms with van der Waals surface area (Å²) in [5, 5.41) is 0. The van der Waals surface area contributed by atoms with Crippen molar-refractivity contribution in [2.75, 3.05) is 20.2 Å². The van der Waals surface area contributed by atoms with Crippen molar-refractivity contribution in [3.63, 3.8) is 0 Å². The van der Waals surface area contributed by atoms with Gasteiger partial charge in [0.25, 0.3) is 0 Å². The fourth-order valence-electron chi connectivity index (χ4n) is 2.09. The topological polar surface area (TPSA) is 64.8 Å². The standard InChI is InChI=1S/C15H22N2O3/c1-10(2)14(16)15(18)17(3)8-11-9-19-12-6-4-5-7-13(12)20-11/h4-7,10-11,14H,8-9,16H2,1-3H3/t11-,14+/m1/s1. The van der Waals surface area contributed by atoms with Gasteiger partial charge >= 0.3 is 0 Å². The summed E-state index contributed by atoms with van der Waals surface area (Å²) in [6.07, 6.45) is -0.168. The van der Waals surface area contributed by atoms with Crippen LogP contribution in [0.15, 0.2) is 24.3 Å². The highest BCUT2D eigenvalue weighted by Crippen LogP contribution is 2.30. The van der Waals surface area contributed by atoms with Gasteiger partial charge in [0.2, 0.25) is 5.91 Å². The number of nitrogens with two attached hydrogens (primary N) is 1. The second kappa shape index (κ2) is 6.13. The lowest BCUT2D eigenvalue weighted by atomic mass is 10.0. The van der Waals surface area contributed by atoms with E-state index in [0.29, 0.717) is 13.2 Å². The molecule has 2 rings (SSSR count). The number of rotatable bonds is 4. The molecule has 0 unspecified atom stereocenters. The first-order chi connectivity index (χ1) is 9.49. The summed E-state index contributed by atoms with van der Waals surface area (Å²) in [7, 11) is 1.74. The Bertz CT molecular complexity index is 476. The predicted octanol–water partition coefficient (Wildman–Crippen LogP) is 1.27. The second-order valence-corrected chi connectivity index (χ2v) is 5.49. The number of benzene rings is 1. The van der Waals surface area contributed by atoms with Crippen LogP contribution >= 0.6 is 0 Å². The molecule has 0 spiro atoms. The molecule has 1 aliphatic heterocycles. The van der Waals surface area contributed by atoms with Gasteiger partial charge in [0.1, 0.15) is 6.61 Å². The number of ether oxygens (including phenoxy) is 2. The number of nitrogens with zero attached hydrogens (tertiary/aromatic N) is 1. The normalized spacial score (nSPS) is 18.8. The molecule has 5 nitrogen and oxygen atoms in total. The second-order valence-electron chi connectivity index (χ2n) is 5.49. The molecule has 0 saturated heterocycles. The Morgan fingerprint density at radius 2 is 2.05 bits per heavy atom. The van der Waals surface area contributed by atoms with Gasteiger partial charge < -0.3 is 20.1 Å². The van der Waals surface area contributed by atoms with Crippen LogP contribution in [-0.4, -0.2) is 43.2 Å². The van der Waals surface area contributed by atoms with E-state index in [2.05, 4.69) is 0 Å². The van der Waals surface area contributed by atoms with E-state index >= 15 is 0 Å². The number of fused-ring (bicyclic) bond motifs is 1. The highest BCUT2D eigenvalue weighted by Gasteiger charge is 2.26. The molecule has 0 bridgehead atoms. The van der Waals surface area contributed by atoms with Crippen LogP contribution in [-0.2, 0) is 4.79 Å². The van der Waals surface area contributed by atoms with Crippen molar-refractivity contribution in [1.29, 1.82) is 0 Å². The van der Waals surface area contributed by atoms with Crippen LogP contribution in [0.25, 0.3) is 0 Å². The predicted molar refractivity (Wildman–Crippen MR) is 76.8 cm³/mol. The Morgan fingerprint density at radius 1 is 1.40 bits per heavy atom. The van der Waals surface area contributed by atoms with E-state index in [0.717, 1.165) is 11.5 Å². The van der Waals surface area contributed by atoms with Crippen LogP contribution < -0.4 is 15.2 Å². The van der Waals surface area contributed by atoms with Crippen molar-refractivity contribution in [2.45, 2.75) is 26.0 Å². The van der Waals surface area contributed by atoms with Gasteiger partial charge in [0.15, 0.2) is 17.6 Å². The van der Waals surface area contributed by atoms with E-state index in [1.807, 2.05) is 38.1 Å². The molecule has 1 aliphatic rings. The summed E-state index contributed by atoms with van der Waals surface area (Å²) in [5.74, 6) is 1.52. The maximum atomic E-state index is 12.1. The van der Waals surface area contributed by atoms with Crippen molar-refractivity contribution in [2.24, 2.45) is 11.7 Å². The molecule has 20 heavy (non-hydrogen) atoms. The fraction of sp³-hybridized carbons (Fsp3) is 0.533. The zero-order valence-electron chi connectivity index (χ0n) is 12.2. The van der Waals surface area contributed by atoms with E-state index in [1.165, 1.54) is 0 Å². The third-order valence-electron chi connectivity index (χ3n) is 3.42. The summed E-state index contributed by atoms with van der Waals surface area (Å²) in [5.41, 5.74) is 5.88. The average molecular weight is 278 g/mol. The lowest BCUT2D eigenvalue weighted by Crippen LogP contribution is -2.49. The fourth-order valence-corrected chi connectivity index (χ4v) is 2.09. The zero-order chi connectivity index (χ0) is 14.7. The summed E-state index contributed by atoms with van der Waals surface area (Å²) < 4.78 is 11.5. The van der Waals surface area contributed by atoms with Gasteiger partial charge in [-0.1, -0.05) is 26.0 Å². The first-order valence-corrected chi connectivity index (χ1v) is 6.88. The van der Waals surface area contributed by atoms with Gasteiger partial charge in [-0.2, -0.15) is 0 Å². The molecule has 1 aromatic carbocycles. The van der Waals surface area contributed by atoms with E-state index < -0.39 is 6.04 Å². The number of carbonyl (C=O) groups excluding carboxylic acids is 1. The third kappa shape index (κ3) is 3.22. The smallest absolute Gasteiger partial charge is 0.239 e.